The van der Waals surface area contributed by atoms with Crippen molar-refractivity contribution in [2.45, 2.75) is 50.9 Å². The first-order valence-corrected chi connectivity index (χ1v) is 5.63. The maximum absolute atomic E-state index is 9.50. The summed E-state index contributed by atoms with van der Waals surface area (Å²) in [4.78, 5) is 2.49. The van der Waals surface area contributed by atoms with Crippen LogP contribution in [0, 0.1) is 0 Å². The molecule has 0 spiro atoms. The maximum atomic E-state index is 9.50. The second kappa shape index (κ2) is 3.80. The quantitative estimate of drug-likeness (QED) is 0.684. The number of rotatable bonds is 1. The van der Waals surface area contributed by atoms with Crippen molar-refractivity contribution >= 4 is 0 Å². The second-order valence-corrected chi connectivity index (χ2v) is 5.20. The largest absolute Gasteiger partial charge is 0.393 e. The van der Waals surface area contributed by atoms with Gasteiger partial charge in [-0.2, -0.15) is 0 Å². The van der Waals surface area contributed by atoms with E-state index in [1.54, 1.807) is 0 Å². The fraction of sp³-hybridized carbons (Fsp3) is 1.00. The highest BCUT2D eigenvalue weighted by Gasteiger charge is 2.34. The standard InChI is InChI=1S/C11H21NO2/c1-11(2)8-12(5-6-14-11)9-3-4-10(13)7-9/h9-10,13H,3-8H2,1-2H3. The van der Waals surface area contributed by atoms with Crippen molar-refractivity contribution in [3.8, 4) is 0 Å². The summed E-state index contributed by atoms with van der Waals surface area (Å²) in [6, 6.07) is 0.591. The highest BCUT2D eigenvalue weighted by molar-refractivity contribution is 4.88. The summed E-state index contributed by atoms with van der Waals surface area (Å²) in [5.41, 5.74) is -0.00814. The van der Waals surface area contributed by atoms with E-state index in [4.69, 9.17) is 4.74 Å². The first-order valence-electron chi connectivity index (χ1n) is 5.63. The number of morpholine rings is 1. The second-order valence-electron chi connectivity index (χ2n) is 5.20. The number of ether oxygens (including phenoxy) is 1. The monoisotopic (exact) mass is 199 g/mol. The lowest BCUT2D eigenvalue weighted by molar-refractivity contribution is -0.0971. The maximum Gasteiger partial charge on any atom is 0.0753 e. The minimum Gasteiger partial charge on any atom is -0.393 e. The van der Waals surface area contributed by atoms with Crippen molar-refractivity contribution in [1.29, 1.82) is 0 Å². The molecule has 1 aliphatic heterocycles. The van der Waals surface area contributed by atoms with Crippen LogP contribution in [0.2, 0.25) is 0 Å². The molecule has 2 aliphatic rings. The molecule has 2 rings (SSSR count). The Morgan fingerprint density at radius 2 is 2.14 bits per heavy atom. The molecule has 2 fully saturated rings. The Balaban J connectivity index is 1.91. The molecule has 1 saturated heterocycles. The van der Waals surface area contributed by atoms with E-state index >= 15 is 0 Å². The van der Waals surface area contributed by atoms with Gasteiger partial charge in [0, 0.05) is 19.1 Å². The van der Waals surface area contributed by atoms with Crippen molar-refractivity contribution in [2.24, 2.45) is 0 Å². The van der Waals surface area contributed by atoms with Gasteiger partial charge in [0.25, 0.3) is 0 Å². The van der Waals surface area contributed by atoms with E-state index in [-0.39, 0.29) is 11.7 Å². The summed E-state index contributed by atoms with van der Waals surface area (Å²) < 4.78 is 5.68. The van der Waals surface area contributed by atoms with Crippen molar-refractivity contribution in [2.75, 3.05) is 19.7 Å². The van der Waals surface area contributed by atoms with E-state index in [1.165, 1.54) is 0 Å². The molecule has 1 heterocycles. The lowest BCUT2D eigenvalue weighted by atomic mass is 10.0. The van der Waals surface area contributed by atoms with Crippen molar-refractivity contribution in [1.82, 2.24) is 4.90 Å². The summed E-state index contributed by atoms with van der Waals surface area (Å²) in [5.74, 6) is 0. The average Bonchev–Trinajstić information content (AvgIpc) is 2.50. The molecule has 0 bridgehead atoms. The Hall–Kier alpha value is -0.120. The number of aliphatic hydroxyl groups is 1. The summed E-state index contributed by atoms with van der Waals surface area (Å²) >= 11 is 0. The number of aliphatic hydroxyl groups excluding tert-OH is 1. The van der Waals surface area contributed by atoms with Crippen molar-refractivity contribution in [3.63, 3.8) is 0 Å². The molecule has 0 amide bonds. The first kappa shape index (κ1) is 10.4. The van der Waals surface area contributed by atoms with Gasteiger partial charge in [-0.15, -0.1) is 0 Å². The molecule has 0 radical (unpaired) electrons. The minimum absolute atomic E-state index is 0.00814. The molecule has 1 aliphatic carbocycles. The van der Waals surface area contributed by atoms with Gasteiger partial charge < -0.3 is 9.84 Å². The number of hydrogen-bond donors (Lipinski definition) is 1. The van der Waals surface area contributed by atoms with Gasteiger partial charge in [0.1, 0.15) is 0 Å². The zero-order valence-electron chi connectivity index (χ0n) is 9.20. The molecule has 0 aromatic heterocycles. The van der Waals surface area contributed by atoms with Crippen LogP contribution < -0.4 is 0 Å². The van der Waals surface area contributed by atoms with Crippen LogP contribution in [0.25, 0.3) is 0 Å². The van der Waals surface area contributed by atoms with Crippen molar-refractivity contribution in [3.05, 3.63) is 0 Å². The predicted octanol–water partition coefficient (Wildman–Crippen LogP) is 1.01. The Labute approximate surface area is 86.0 Å². The molecule has 1 N–H and O–H groups in total. The van der Waals surface area contributed by atoms with Crippen molar-refractivity contribution < 1.29 is 9.84 Å². The van der Waals surface area contributed by atoms with Gasteiger partial charge in [0.05, 0.1) is 18.3 Å². The first-order chi connectivity index (χ1) is 6.57. The van der Waals surface area contributed by atoms with Crippen LogP contribution in [-0.4, -0.2) is 47.4 Å². The van der Waals surface area contributed by atoms with Crippen LogP contribution in [0.3, 0.4) is 0 Å². The van der Waals surface area contributed by atoms with E-state index in [2.05, 4.69) is 18.7 Å². The van der Waals surface area contributed by atoms with Crippen LogP contribution >= 0.6 is 0 Å². The van der Waals surface area contributed by atoms with Crippen LogP contribution in [0.15, 0.2) is 0 Å². The third-order valence-corrected chi connectivity index (χ3v) is 3.35. The topological polar surface area (TPSA) is 32.7 Å². The Bertz CT molecular complexity index is 205. The van der Waals surface area contributed by atoms with E-state index in [0.717, 1.165) is 39.0 Å². The number of hydrogen-bond acceptors (Lipinski definition) is 3. The zero-order chi connectivity index (χ0) is 10.2. The fourth-order valence-electron chi connectivity index (χ4n) is 2.63. The lowest BCUT2D eigenvalue weighted by Crippen LogP contribution is -2.51. The summed E-state index contributed by atoms with van der Waals surface area (Å²) in [7, 11) is 0. The summed E-state index contributed by atoms with van der Waals surface area (Å²) in [6.07, 6.45) is 3.02. The predicted molar refractivity (Wildman–Crippen MR) is 55.2 cm³/mol. The van der Waals surface area contributed by atoms with Crippen LogP contribution in [0.1, 0.15) is 33.1 Å². The zero-order valence-corrected chi connectivity index (χ0v) is 9.20. The molecular weight excluding hydrogens is 178 g/mol. The molecule has 3 heteroatoms. The Kier molecular flexibility index (Phi) is 2.82. The van der Waals surface area contributed by atoms with Crippen LogP contribution in [0.5, 0.6) is 0 Å². The lowest BCUT2D eigenvalue weighted by Gasteiger charge is -2.41. The average molecular weight is 199 g/mol. The molecule has 82 valence electrons. The SMILES string of the molecule is CC1(C)CN(C2CCC(O)C2)CCO1. The molecule has 1 saturated carbocycles. The molecule has 0 aromatic carbocycles. The van der Waals surface area contributed by atoms with Gasteiger partial charge in [0.15, 0.2) is 0 Å². The highest BCUT2D eigenvalue weighted by atomic mass is 16.5. The molecular formula is C11H21NO2. The van der Waals surface area contributed by atoms with Gasteiger partial charge in [-0.05, 0) is 33.1 Å². The Morgan fingerprint density at radius 3 is 2.71 bits per heavy atom. The van der Waals surface area contributed by atoms with Gasteiger partial charge >= 0.3 is 0 Å². The van der Waals surface area contributed by atoms with Gasteiger partial charge in [0.2, 0.25) is 0 Å². The minimum atomic E-state index is -0.0639. The van der Waals surface area contributed by atoms with Gasteiger partial charge in [-0.25, -0.2) is 0 Å². The van der Waals surface area contributed by atoms with Gasteiger partial charge in [-0.3, -0.25) is 4.90 Å². The van der Waals surface area contributed by atoms with E-state index in [0.29, 0.717) is 6.04 Å². The highest BCUT2D eigenvalue weighted by Crippen LogP contribution is 2.27. The third-order valence-electron chi connectivity index (χ3n) is 3.35. The van der Waals surface area contributed by atoms with Gasteiger partial charge in [-0.1, -0.05) is 0 Å². The smallest absolute Gasteiger partial charge is 0.0753 e. The van der Waals surface area contributed by atoms with E-state index in [9.17, 15) is 5.11 Å². The third kappa shape index (κ3) is 2.27. The van der Waals surface area contributed by atoms with E-state index in [1.807, 2.05) is 0 Å². The van der Waals surface area contributed by atoms with E-state index < -0.39 is 0 Å². The molecule has 14 heavy (non-hydrogen) atoms. The summed E-state index contributed by atoms with van der Waals surface area (Å²) in [6.45, 7) is 7.15. The van der Waals surface area contributed by atoms with Crippen LogP contribution in [-0.2, 0) is 4.74 Å². The normalized spacial score (nSPS) is 38.8. The fourth-order valence-corrected chi connectivity index (χ4v) is 2.63. The molecule has 3 nitrogen and oxygen atoms in total. The summed E-state index contributed by atoms with van der Waals surface area (Å²) in [5, 5.41) is 9.50. The molecule has 2 atom stereocenters. The molecule has 0 aromatic rings. The number of nitrogens with zero attached hydrogens (tertiary/aromatic N) is 1. The Morgan fingerprint density at radius 1 is 1.36 bits per heavy atom. The molecule has 2 unspecified atom stereocenters. The van der Waals surface area contributed by atoms with Crippen LogP contribution in [0.4, 0.5) is 0 Å².